The van der Waals surface area contributed by atoms with Gasteiger partial charge in [-0.2, -0.15) is 0 Å². The Kier molecular flexibility index (Phi) is 10.4. The summed E-state index contributed by atoms with van der Waals surface area (Å²) in [6.45, 7) is 11.5. The molecule has 2 fully saturated rings. The molecule has 0 aliphatic carbocycles. The first kappa shape index (κ1) is 23.0. The van der Waals surface area contributed by atoms with Gasteiger partial charge in [-0.25, -0.2) is 4.99 Å². The van der Waals surface area contributed by atoms with Gasteiger partial charge in [0, 0.05) is 45.9 Å². The molecule has 2 saturated heterocycles. The topological polar surface area (TPSA) is 67.4 Å². The van der Waals surface area contributed by atoms with Gasteiger partial charge in [0.2, 0.25) is 0 Å². The van der Waals surface area contributed by atoms with Crippen molar-refractivity contribution in [3.8, 4) is 0 Å². The highest BCUT2D eigenvalue weighted by molar-refractivity contribution is 5.79. The number of aliphatic imine (C=N–C) groups is 1. The Morgan fingerprint density at radius 2 is 1.93 bits per heavy atom. The molecule has 7 nitrogen and oxygen atoms in total. The van der Waals surface area contributed by atoms with Crippen LogP contribution in [0.4, 0.5) is 0 Å². The minimum Gasteiger partial charge on any atom is -0.379 e. The SMILES string of the molecule is CCNC(=NCc1ccc(CN2CCOCC2)cc1)NCCCOCC1CCCO1. The van der Waals surface area contributed by atoms with Gasteiger partial charge in [0.1, 0.15) is 0 Å². The minimum absolute atomic E-state index is 0.303. The van der Waals surface area contributed by atoms with Crippen LogP contribution in [0.3, 0.4) is 0 Å². The molecule has 0 bridgehead atoms. The van der Waals surface area contributed by atoms with E-state index < -0.39 is 0 Å². The highest BCUT2D eigenvalue weighted by Gasteiger charge is 2.15. The molecule has 0 saturated carbocycles. The number of rotatable bonds is 11. The van der Waals surface area contributed by atoms with Crippen molar-refractivity contribution < 1.29 is 14.2 Å². The highest BCUT2D eigenvalue weighted by atomic mass is 16.5. The third-order valence-electron chi connectivity index (χ3n) is 5.38. The van der Waals surface area contributed by atoms with Gasteiger partial charge in [0.05, 0.1) is 32.5 Å². The Balaban J connectivity index is 1.34. The number of benzene rings is 1. The molecule has 1 aromatic rings. The van der Waals surface area contributed by atoms with E-state index in [0.29, 0.717) is 12.6 Å². The molecule has 0 spiro atoms. The summed E-state index contributed by atoms with van der Waals surface area (Å²) in [4.78, 5) is 7.16. The number of hydrogen-bond donors (Lipinski definition) is 2. The van der Waals surface area contributed by atoms with Gasteiger partial charge < -0.3 is 24.8 Å². The van der Waals surface area contributed by atoms with E-state index in [0.717, 1.165) is 91.0 Å². The molecule has 1 atom stereocenters. The summed E-state index contributed by atoms with van der Waals surface area (Å²) in [5.74, 6) is 0.856. The molecule has 2 aliphatic heterocycles. The third kappa shape index (κ3) is 8.60. The summed E-state index contributed by atoms with van der Waals surface area (Å²) < 4.78 is 16.7. The average Bonchev–Trinajstić information content (AvgIpc) is 3.30. The van der Waals surface area contributed by atoms with Gasteiger partial charge in [-0.1, -0.05) is 24.3 Å². The Morgan fingerprint density at radius 3 is 2.67 bits per heavy atom. The van der Waals surface area contributed by atoms with Crippen LogP contribution in [0, 0.1) is 0 Å². The zero-order valence-electron chi connectivity index (χ0n) is 18.4. The summed E-state index contributed by atoms with van der Waals surface area (Å²) in [5, 5.41) is 6.71. The molecule has 168 valence electrons. The first-order valence-corrected chi connectivity index (χ1v) is 11.4. The molecule has 2 aliphatic rings. The Hall–Kier alpha value is -1.67. The lowest BCUT2D eigenvalue weighted by molar-refractivity contribution is 0.0168. The van der Waals surface area contributed by atoms with Crippen molar-refractivity contribution in [1.29, 1.82) is 0 Å². The maximum absolute atomic E-state index is 5.72. The molecule has 2 N–H and O–H groups in total. The second-order valence-electron chi connectivity index (χ2n) is 7.89. The summed E-state index contributed by atoms with van der Waals surface area (Å²) in [6, 6.07) is 8.79. The predicted molar refractivity (Wildman–Crippen MR) is 120 cm³/mol. The van der Waals surface area contributed by atoms with E-state index in [2.05, 4.69) is 46.7 Å². The maximum atomic E-state index is 5.72. The number of guanidine groups is 1. The second-order valence-corrected chi connectivity index (χ2v) is 7.89. The summed E-state index contributed by atoms with van der Waals surface area (Å²) in [5.41, 5.74) is 2.57. The zero-order valence-corrected chi connectivity index (χ0v) is 18.4. The van der Waals surface area contributed by atoms with Crippen LogP contribution >= 0.6 is 0 Å². The molecule has 2 heterocycles. The molecule has 0 radical (unpaired) electrons. The van der Waals surface area contributed by atoms with Crippen LogP contribution in [-0.2, 0) is 27.3 Å². The maximum Gasteiger partial charge on any atom is 0.191 e. The van der Waals surface area contributed by atoms with Gasteiger partial charge in [0.15, 0.2) is 5.96 Å². The van der Waals surface area contributed by atoms with Gasteiger partial charge >= 0.3 is 0 Å². The smallest absolute Gasteiger partial charge is 0.191 e. The van der Waals surface area contributed by atoms with E-state index in [1.807, 2.05) is 0 Å². The number of hydrogen-bond acceptors (Lipinski definition) is 5. The zero-order chi connectivity index (χ0) is 20.9. The van der Waals surface area contributed by atoms with E-state index in [9.17, 15) is 0 Å². The quantitative estimate of drug-likeness (QED) is 0.326. The highest BCUT2D eigenvalue weighted by Crippen LogP contribution is 2.12. The molecule has 1 unspecified atom stereocenters. The van der Waals surface area contributed by atoms with Gasteiger partial charge in [-0.3, -0.25) is 4.90 Å². The molecule has 1 aromatic carbocycles. The van der Waals surface area contributed by atoms with Crippen LogP contribution in [-0.4, -0.2) is 76.2 Å². The fourth-order valence-electron chi connectivity index (χ4n) is 3.65. The van der Waals surface area contributed by atoms with Gasteiger partial charge in [0.25, 0.3) is 0 Å². The monoisotopic (exact) mass is 418 g/mol. The fraction of sp³-hybridized carbons (Fsp3) is 0.696. The van der Waals surface area contributed by atoms with E-state index in [1.165, 1.54) is 11.1 Å². The van der Waals surface area contributed by atoms with Crippen LogP contribution in [0.25, 0.3) is 0 Å². The van der Waals surface area contributed by atoms with Crippen LogP contribution in [0.5, 0.6) is 0 Å². The summed E-state index contributed by atoms with van der Waals surface area (Å²) >= 11 is 0. The molecule has 30 heavy (non-hydrogen) atoms. The number of nitrogens with one attached hydrogen (secondary N) is 2. The van der Waals surface area contributed by atoms with E-state index in [1.54, 1.807) is 0 Å². The van der Waals surface area contributed by atoms with Crippen LogP contribution < -0.4 is 10.6 Å². The third-order valence-corrected chi connectivity index (χ3v) is 5.38. The Bertz CT molecular complexity index is 611. The van der Waals surface area contributed by atoms with E-state index in [4.69, 9.17) is 19.2 Å². The first-order valence-electron chi connectivity index (χ1n) is 11.4. The van der Waals surface area contributed by atoms with Crippen molar-refractivity contribution in [2.45, 2.75) is 45.4 Å². The minimum atomic E-state index is 0.303. The lowest BCUT2D eigenvalue weighted by atomic mass is 10.1. The Morgan fingerprint density at radius 1 is 1.13 bits per heavy atom. The number of nitrogens with zero attached hydrogens (tertiary/aromatic N) is 2. The van der Waals surface area contributed by atoms with Crippen LogP contribution in [0.2, 0.25) is 0 Å². The van der Waals surface area contributed by atoms with Crippen molar-refractivity contribution in [2.75, 3.05) is 59.2 Å². The average molecular weight is 419 g/mol. The standard InChI is InChI=1S/C23H38N4O3/c1-2-24-23(25-10-4-13-29-19-22-5-3-14-30-22)26-17-20-6-8-21(9-7-20)18-27-11-15-28-16-12-27/h6-9,22H,2-5,10-19H2,1H3,(H2,24,25,26). The van der Waals surface area contributed by atoms with E-state index >= 15 is 0 Å². The van der Waals surface area contributed by atoms with Crippen molar-refractivity contribution >= 4 is 5.96 Å². The number of ether oxygens (including phenoxy) is 3. The lowest BCUT2D eigenvalue weighted by Crippen LogP contribution is -2.38. The molecule has 0 aromatic heterocycles. The number of morpholine rings is 1. The lowest BCUT2D eigenvalue weighted by Gasteiger charge is -2.26. The normalized spacial score (nSPS) is 20.4. The summed E-state index contributed by atoms with van der Waals surface area (Å²) in [7, 11) is 0. The van der Waals surface area contributed by atoms with Crippen molar-refractivity contribution in [3.05, 3.63) is 35.4 Å². The molecular formula is C23H38N4O3. The van der Waals surface area contributed by atoms with Crippen molar-refractivity contribution in [1.82, 2.24) is 15.5 Å². The second kappa shape index (κ2) is 13.6. The van der Waals surface area contributed by atoms with E-state index in [-0.39, 0.29) is 0 Å². The fourth-order valence-corrected chi connectivity index (χ4v) is 3.65. The molecular weight excluding hydrogens is 380 g/mol. The van der Waals surface area contributed by atoms with Crippen molar-refractivity contribution in [2.24, 2.45) is 4.99 Å². The van der Waals surface area contributed by atoms with Crippen molar-refractivity contribution in [3.63, 3.8) is 0 Å². The Labute approximate surface area is 181 Å². The van der Waals surface area contributed by atoms with Crippen LogP contribution in [0.15, 0.2) is 29.3 Å². The molecule has 3 rings (SSSR count). The molecule has 7 heteroatoms. The van der Waals surface area contributed by atoms with Gasteiger partial charge in [-0.05, 0) is 37.3 Å². The predicted octanol–water partition coefficient (Wildman–Crippen LogP) is 2.16. The largest absolute Gasteiger partial charge is 0.379 e. The summed E-state index contributed by atoms with van der Waals surface area (Å²) in [6.07, 6.45) is 3.54. The van der Waals surface area contributed by atoms with Gasteiger partial charge in [-0.15, -0.1) is 0 Å². The molecule has 0 amide bonds. The first-order chi connectivity index (χ1) is 14.8. The van der Waals surface area contributed by atoms with Crippen LogP contribution in [0.1, 0.15) is 37.3 Å².